The Kier molecular flexibility index (Phi) is 3.61. The van der Waals surface area contributed by atoms with Gasteiger partial charge in [-0.2, -0.15) is 0 Å². The predicted molar refractivity (Wildman–Crippen MR) is 62.2 cm³/mol. The van der Waals surface area contributed by atoms with Gasteiger partial charge < -0.3 is 9.74 Å². The number of piperidine rings is 1. The molecule has 0 radical (unpaired) electrons. The van der Waals surface area contributed by atoms with Gasteiger partial charge in [0.25, 0.3) is 0 Å². The number of alkyl halides is 1. The first-order valence-electron chi connectivity index (χ1n) is 6.21. The number of carbonyl (C=O) groups excluding carboxylic acids is 1. The van der Waals surface area contributed by atoms with Crippen molar-refractivity contribution in [2.24, 2.45) is 16.6 Å². The fourth-order valence-electron chi connectivity index (χ4n) is 3.19. The zero-order valence-electron chi connectivity index (χ0n) is 10.4. The minimum atomic E-state index is -0.716. The van der Waals surface area contributed by atoms with Crippen molar-refractivity contribution in [3.63, 3.8) is 0 Å². The molecule has 1 spiro atoms. The molecule has 2 unspecified atom stereocenters. The number of nitrogens with zero attached hydrogens (tertiary/aromatic N) is 4. The van der Waals surface area contributed by atoms with Gasteiger partial charge in [0.1, 0.15) is 11.4 Å². The zero-order valence-corrected chi connectivity index (χ0v) is 10.4. The second-order valence-corrected chi connectivity index (χ2v) is 5.42. The molecule has 18 heavy (non-hydrogen) atoms. The molecular weight excluding hydrogens is 239 g/mol. The van der Waals surface area contributed by atoms with E-state index < -0.39 is 12.3 Å². The lowest BCUT2D eigenvalue weighted by Gasteiger charge is -2.38. The molecule has 0 aromatic rings. The van der Waals surface area contributed by atoms with E-state index in [1.807, 2.05) is 6.92 Å². The molecule has 1 saturated carbocycles. The first-order chi connectivity index (χ1) is 8.56. The van der Waals surface area contributed by atoms with Gasteiger partial charge >= 0.3 is 6.09 Å². The number of halogens is 1. The van der Waals surface area contributed by atoms with Crippen molar-refractivity contribution in [3.8, 4) is 0 Å². The standard InChI is InChI=1S/C11H17FN4O2/c1-8-6-11(7-9(8)12)2-4-16(5-3-11)10(17)18-15-14-13/h8-9H,2-7H2,1H3. The maximum absolute atomic E-state index is 13.6. The number of likely N-dealkylation sites (tertiary alicyclic amines) is 1. The summed E-state index contributed by atoms with van der Waals surface area (Å²) in [6.45, 7) is 3.03. The topological polar surface area (TPSA) is 78.3 Å². The molecule has 0 bridgehead atoms. The quantitative estimate of drug-likeness (QED) is 0.312. The Morgan fingerprint density at radius 1 is 1.50 bits per heavy atom. The van der Waals surface area contributed by atoms with Crippen LogP contribution >= 0.6 is 0 Å². The Hall–Kier alpha value is -1.49. The number of amides is 1. The summed E-state index contributed by atoms with van der Waals surface area (Å²) in [5.74, 6) is 0.117. The zero-order chi connectivity index (χ0) is 13.2. The largest absolute Gasteiger partial charge is 0.421 e. The van der Waals surface area contributed by atoms with Crippen molar-refractivity contribution in [1.29, 1.82) is 0 Å². The van der Waals surface area contributed by atoms with Gasteiger partial charge in [-0.15, -0.1) is 0 Å². The predicted octanol–water partition coefficient (Wildman–Crippen LogP) is 3.20. The number of rotatable bonds is 1. The summed E-state index contributed by atoms with van der Waals surface area (Å²) in [6.07, 6.45) is 1.75. The maximum atomic E-state index is 13.6. The van der Waals surface area contributed by atoms with Gasteiger partial charge in [-0.1, -0.05) is 6.92 Å². The van der Waals surface area contributed by atoms with Gasteiger partial charge in [-0.3, -0.25) is 0 Å². The van der Waals surface area contributed by atoms with Crippen molar-refractivity contribution in [2.45, 2.75) is 38.8 Å². The third-order valence-corrected chi connectivity index (χ3v) is 4.24. The van der Waals surface area contributed by atoms with Crippen LogP contribution in [0.4, 0.5) is 9.18 Å². The van der Waals surface area contributed by atoms with Crippen LogP contribution in [0.15, 0.2) is 5.28 Å². The Bertz CT molecular complexity index is 363. The van der Waals surface area contributed by atoms with E-state index in [2.05, 4.69) is 15.0 Å². The fraction of sp³-hybridized carbons (Fsp3) is 0.909. The van der Waals surface area contributed by atoms with Crippen molar-refractivity contribution < 1.29 is 14.0 Å². The van der Waals surface area contributed by atoms with Crippen LogP contribution in [0, 0.1) is 11.3 Å². The molecule has 1 saturated heterocycles. The Balaban J connectivity index is 1.88. The van der Waals surface area contributed by atoms with Gasteiger partial charge in [-0.05, 0) is 42.5 Å². The third-order valence-electron chi connectivity index (χ3n) is 4.24. The second kappa shape index (κ2) is 5.02. The van der Waals surface area contributed by atoms with E-state index >= 15 is 0 Å². The maximum Gasteiger partial charge on any atom is 0.421 e. The summed E-state index contributed by atoms with van der Waals surface area (Å²) >= 11 is 0. The molecule has 2 aliphatic rings. The summed E-state index contributed by atoms with van der Waals surface area (Å²) in [6, 6.07) is 0. The second-order valence-electron chi connectivity index (χ2n) is 5.42. The summed E-state index contributed by atoms with van der Waals surface area (Å²) < 4.78 is 13.6. The SMILES string of the molecule is CC1CC2(CCN(C(=O)ON=[N+]=[N-])CC2)CC1F. The van der Waals surface area contributed by atoms with Gasteiger partial charge in [0, 0.05) is 18.0 Å². The molecule has 0 N–H and O–H groups in total. The van der Waals surface area contributed by atoms with Crippen LogP contribution in [0.1, 0.15) is 32.6 Å². The van der Waals surface area contributed by atoms with Gasteiger partial charge in [0.05, 0.1) is 0 Å². The molecular formula is C11H17FN4O2. The molecule has 100 valence electrons. The van der Waals surface area contributed by atoms with Crippen LogP contribution in [0.2, 0.25) is 0 Å². The fourth-order valence-corrected chi connectivity index (χ4v) is 3.19. The van der Waals surface area contributed by atoms with E-state index in [1.54, 1.807) is 0 Å². The normalized spacial score (nSPS) is 30.0. The highest BCUT2D eigenvalue weighted by atomic mass is 19.1. The van der Waals surface area contributed by atoms with Crippen LogP contribution < -0.4 is 0 Å². The van der Waals surface area contributed by atoms with Crippen molar-refractivity contribution in [2.75, 3.05) is 13.1 Å². The van der Waals surface area contributed by atoms with E-state index in [0.717, 1.165) is 19.3 Å². The Labute approximate surface area is 105 Å². The van der Waals surface area contributed by atoms with Crippen molar-refractivity contribution in [3.05, 3.63) is 10.4 Å². The van der Waals surface area contributed by atoms with Gasteiger partial charge in [-0.25, -0.2) is 9.18 Å². The molecule has 7 heteroatoms. The molecule has 2 atom stereocenters. The van der Waals surface area contributed by atoms with E-state index in [-0.39, 0.29) is 11.3 Å². The summed E-state index contributed by atoms with van der Waals surface area (Å²) in [5.41, 5.74) is 8.11. The summed E-state index contributed by atoms with van der Waals surface area (Å²) in [4.78, 5) is 19.7. The molecule has 6 nitrogen and oxygen atoms in total. The molecule has 2 rings (SSSR count). The molecule has 0 aromatic carbocycles. The van der Waals surface area contributed by atoms with E-state index in [1.165, 1.54) is 4.90 Å². The van der Waals surface area contributed by atoms with Crippen LogP contribution in [0.25, 0.3) is 10.4 Å². The average molecular weight is 256 g/mol. The number of carbonyl (C=O) groups is 1. The number of hydrogen-bond donors (Lipinski definition) is 0. The Morgan fingerprint density at radius 3 is 2.67 bits per heavy atom. The van der Waals surface area contributed by atoms with Crippen molar-refractivity contribution in [1.82, 2.24) is 4.90 Å². The lowest BCUT2D eigenvalue weighted by molar-refractivity contribution is 0.0648. The monoisotopic (exact) mass is 256 g/mol. The minimum absolute atomic E-state index is 0.0497. The van der Waals surface area contributed by atoms with E-state index in [4.69, 9.17) is 5.53 Å². The molecule has 2 fully saturated rings. The lowest BCUT2D eigenvalue weighted by Crippen LogP contribution is -2.42. The first-order valence-corrected chi connectivity index (χ1v) is 6.21. The summed E-state index contributed by atoms with van der Waals surface area (Å²) in [7, 11) is 0. The highest BCUT2D eigenvalue weighted by molar-refractivity contribution is 5.67. The van der Waals surface area contributed by atoms with Gasteiger partial charge in [0.2, 0.25) is 0 Å². The van der Waals surface area contributed by atoms with Crippen LogP contribution in [-0.2, 0) is 4.84 Å². The number of hydrogen-bond acceptors (Lipinski definition) is 3. The Morgan fingerprint density at radius 2 is 2.17 bits per heavy atom. The first kappa shape index (κ1) is 13.0. The molecule has 0 aromatic heterocycles. The molecule has 1 amide bonds. The molecule has 1 heterocycles. The van der Waals surface area contributed by atoms with Crippen molar-refractivity contribution >= 4 is 6.09 Å². The van der Waals surface area contributed by atoms with Crippen LogP contribution in [-0.4, -0.2) is 30.3 Å². The highest BCUT2D eigenvalue weighted by Crippen LogP contribution is 2.49. The molecule has 1 aliphatic heterocycles. The lowest BCUT2D eigenvalue weighted by atomic mass is 9.76. The van der Waals surface area contributed by atoms with Crippen LogP contribution in [0.3, 0.4) is 0 Å². The van der Waals surface area contributed by atoms with E-state index in [9.17, 15) is 9.18 Å². The number of azide groups is 1. The summed E-state index contributed by atoms with van der Waals surface area (Å²) in [5, 5.41) is 2.79. The highest BCUT2D eigenvalue weighted by Gasteiger charge is 2.45. The van der Waals surface area contributed by atoms with E-state index in [0.29, 0.717) is 19.5 Å². The van der Waals surface area contributed by atoms with Gasteiger partial charge in [0.15, 0.2) is 0 Å². The smallest absolute Gasteiger partial charge is 0.342 e. The van der Waals surface area contributed by atoms with Crippen LogP contribution in [0.5, 0.6) is 0 Å². The average Bonchev–Trinajstić information content (AvgIpc) is 2.62. The molecule has 1 aliphatic carbocycles. The minimum Gasteiger partial charge on any atom is -0.342 e. The third kappa shape index (κ3) is 2.51.